The summed E-state index contributed by atoms with van der Waals surface area (Å²) in [4.78, 5) is 45.1. The largest absolute Gasteiger partial charge is 0.351 e. The lowest BCUT2D eigenvalue weighted by Gasteiger charge is -2.24. The third-order valence-electron chi connectivity index (χ3n) is 6.23. The van der Waals surface area contributed by atoms with Crippen LogP contribution in [-0.4, -0.2) is 49.1 Å². The first-order valence-electron chi connectivity index (χ1n) is 12.8. The number of carbonyl (C=O) groups is 3. The fourth-order valence-electron chi connectivity index (χ4n) is 3.92. The van der Waals surface area contributed by atoms with Crippen molar-refractivity contribution < 1.29 is 23.2 Å². The molecule has 0 bridgehead atoms. The van der Waals surface area contributed by atoms with E-state index in [1.165, 1.54) is 21.9 Å². The molecule has 0 spiro atoms. The maximum absolute atomic E-state index is 12.9. The van der Waals surface area contributed by atoms with E-state index in [0.717, 1.165) is 11.6 Å². The van der Waals surface area contributed by atoms with Crippen LogP contribution in [0.25, 0.3) is 0 Å². The Balaban J connectivity index is 0.000000469. The van der Waals surface area contributed by atoms with Crippen molar-refractivity contribution in [1.29, 1.82) is 0 Å². The van der Waals surface area contributed by atoms with Crippen LogP contribution in [0, 0.1) is 24.5 Å². The molecular formula is C30H35BrF2N4O3. The van der Waals surface area contributed by atoms with Gasteiger partial charge in [-0.2, -0.15) is 0 Å². The molecule has 214 valence electrons. The molecule has 7 nitrogen and oxygen atoms in total. The summed E-state index contributed by atoms with van der Waals surface area (Å²) in [7, 11) is 3.39. The number of nitrogens with one attached hydrogen (secondary N) is 1. The highest BCUT2D eigenvalue weighted by atomic mass is 79.9. The molecule has 2 aromatic rings. The molecule has 1 atom stereocenters. The first kappa shape index (κ1) is 32.6. The number of rotatable bonds is 7. The van der Waals surface area contributed by atoms with Crippen molar-refractivity contribution in [1.82, 2.24) is 10.2 Å². The van der Waals surface area contributed by atoms with E-state index in [-0.39, 0.29) is 30.2 Å². The Hall–Kier alpha value is -3.66. The van der Waals surface area contributed by atoms with Crippen LogP contribution in [0.2, 0.25) is 0 Å². The zero-order chi connectivity index (χ0) is 30.1. The summed E-state index contributed by atoms with van der Waals surface area (Å²) < 4.78 is 25.2. The normalized spacial score (nSPS) is 13.9. The number of hydrogen-bond acceptors (Lipinski definition) is 4. The average molecular weight is 618 g/mol. The number of halogens is 3. The minimum atomic E-state index is -0.519. The smallest absolute Gasteiger partial charge is 0.270 e. The van der Waals surface area contributed by atoms with Crippen molar-refractivity contribution in [3.8, 4) is 0 Å². The second-order valence-electron chi connectivity index (χ2n) is 9.42. The number of amidine groups is 1. The fraction of sp³-hybridized carbons (Fsp3) is 0.333. The number of benzene rings is 2. The minimum absolute atomic E-state index is 0.0266. The zero-order valence-corrected chi connectivity index (χ0v) is 25.2. The highest BCUT2D eigenvalue weighted by Gasteiger charge is 2.26. The van der Waals surface area contributed by atoms with E-state index in [4.69, 9.17) is 0 Å². The molecule has 2 aromatic carbocycles. The molecule has 0 aromatic heterocycles. The van der Waals surface area contributed by atoms with Gasteiger partial charge in [0.2, 0.25) is 5.91 Å². The number of carbonyl (C=O) groups excluding carboxylic acids is 3. The van der Waals surface area contributed by atoms with Gasteiger partial charge in [0, 0.05) is 32.3 Å². The number of aryl methyl sites for hydroxylation is 2. The van der Waals surface area contributed by atoms with E-state index in [2.05, 4.69) is 32.8 Å². The second-order valence-corrected chi connectivity index (χ2v) is 10.3. The van der Waals surface area contributed by atoms with Gasteiger partial charge in [-0.3, -0.25) is 19.3 Å². The topological polar surface area (TPSA) is 82.1 Å². The van der Waals surface area contributed by atoms with Crippen LogP contribution in [0.5, 0.6) is 0 Å². The van der Waals surface area contributed by atoms with Gasteiger partial charge in [0.25, 0.3) is 11.8 Å². The minimum Gasteiger partial charge on any atom is -0.351 e. The summed E-state index contributed by atoms with van der Waals surface area (Å²) in [6.45, 7) is 11.4. The first-order chi connectivity index (χ1) is 18.8. The number of aliphatic imine (C=N–C) groups is 1. The number of hydrogen-bond donors (Lipinski definition) is 1. The Morgan fingerprint density at radius 2 is 1.80 bits per heavy atom. The Morgan fingerprint density at radius 3 is 2.38 bits per heavy atom. The van der Waals surface area contributed by atoms with E-state index in [9.17, 15) is 23.2 Å². The van der Waals surface area contributed by atoms with Crippen LogP contribution in [0.3, 0.4) is 0 Å². The van der Waals surface area contributed by atoms with Crippen LogP contribution < -0.4 is 10.2 Å². The maximum atomic E-state index is 12.9. The molecule has 1 aliphatic rings. The summed E-state index contributed by atoms with van der Waals surface area (Å²) in [5.41, 5.74) is 2.78. The summed E-state index contributed by atoms with van der Waals surface area (Å²) in [5.74, 6) is -1.43. The van der Waals surface area contributed by atoms with E-state index >= 15 is 0 Å². The maximum Gasteiger partial charge on any atom is 0.270 e. The van der Waals surface area contributed by atoms with Crippen molar-refractivity contribution >= 4 is 45.2 Å². The van der Waals surface area contributed by atoms with Gasteiger partial charge >= 0.3 is 0 Å². The Labute approximate surface area is 242 Å². The van der Waals surface area contributed by atoms with Gasteiger partial charge in [-0.1, -0.05) is 32.6 Å². The molecule has 1 aliphatic heterocycles. The molecule has 0 radical (unpaired) electrons. The van der Waals surface area contributed by atoms with E-state index in [0.29, 0.717) is 45.7 Å². The SMILES string of the molecule is C=C1C=C(Br)C(=O)N(c2cc(C(=O)NCC(CC)C(=O)N(C)C)ccc2C)C(C)=N1.CCc1ccc(F)cc1F. The van der Waals surface area contributed by atoms with Crippen LogP contribution in [-0.2, 0) is 16.0 Å². The Morgan fingerprint density at radius 1 is 1.12 bits per heavy atom. The summed E-state index contributed by atoms with van der Waals surface area (Å²) >= 11 is 3.28. The van der Waals surface area contributed by atoms with Crippen molar-refractivity contribution in [2.45, 2.75) is 40.5 Å². The van der Waals surface area contributed by atoms with Crippen molar-refractivity contribution in [3.05, 3.63) is 87.6 Å². The van der Waals surface area contributed by atoms with Crippen molar-refractivity contribution in [3.63, 3.8) is 0 Å². The highest BCUT2D eigenvalue weighted by Crippen LogP contribution is 2.28. The van der Waals surface area contributed by atoms with Gasteiger partial charge in [-0.25, -0.2) is 13.8 Å². The van der Waals surface area contributed by atoms with Crippen LogP contribution >= 0.6 is 15.9 Å². The molecular weight excluding hydrogens is 582 g/mol. The molecule has 0 fully saturated rings. The highest BCUT2D eigenvalue weighted by molar-refractivity contribution is 9.12. The number of amides is 3. The summed E-state index contributed by atoms with van der Waals surface area (Å²) in [6.07, 6.45) is 2.79. The third kappa shape index (κ3) is 8.42. The molecule has 1 unspecified atom stereocenters. The van der Waals surface area contributed by atoms with Crippen LogP contribution in [0.1, 0.15) is 48.7 Å². The average Bonchev–Trinajstić information content (AvgIpc) is 2.99. The molecule has 0 saturated heterocycles. The van der Waals surface area contributed by atoms with Gasteiger partial charge < -0.3 is 10.2 Å². The van der Waals surface area contributed by atoms with Gasteiger partial charge in [0.05, 0.1) is 21.8 Å². The van der Waals surface area contributed by atoms with Gasteiger partial charge in [0.15, 0.2) is 0 Å². The van der Waals surface area contributed by atoms with Crippen LogP contribution in [0.15, 0.2) is 64.2 Å². The lowest BCUT2D eigenvalue weighted by Crippen LogP contribution is -2.38. The van der Waals surface area contributed by atoms with E-state index < -0.39 is 11.6 Å². The van der Waals surface area contributed by atoms with E-state index in [1.807, 2.05) is 20.8 Å². The molecule has 1 heterocycles. The number of anilines is 1. The molecule has 3 rings (SSSR count). The number of allylic oxidation sites excluding steroid dienone is 1. The monoisotopic (exact) mass is 616 g/mol. The van der Waals surface area contributed by atoms with Gasteiger partial charge in [0.1, 0.15) is 17.5 Å². The lowest BCUT2D eigenvalue weighted by molar-refractivity contribution is -0.132. The first-order valence-corrected chi connectivity index (χ1v) is 13.6. The molecule has 0 saturated carbocycles. The molecule has 1 N–H and O–H groups in total. The van der Waals surface area contributed by atoms with Crippen molar-refractivity contribution in [2.75, 3.05) is 25.5 Å². The second kappa shape index (κ2) is 14.6. The van der Waals surface area contributed by atoms with Gasteiger partial charge in [-0.15, -0.1) is 0 Å². The summed E-state index contributed by atoms with van der Waals surface area (Å²) in [5, 5.41) is 2.83. The van der Waals surface area contributed by atoms with Gasteiger partial charge in [-0.05, 0) is 78.0 Å². The summed E-state index contributed by atoms with van der Waals surface area (Å²) in [6, 6.07) is 8.77. The lowest BCUT2D eigenvalue weighted by atomic mass is 10.0. The number of nitrogens with zero attached hydrogens (tertiary/aromatic N) is 3. The molecule has 10 heteroatoms. The van der Waals surface area contributed by atoms with Crippen molar-refractivity contribution in [2.24, 2.45) is 10.9 Å². The van der Waals surface area contributed by atoms with Crippen LogP contribution in [0.4, 0.5) is 14.5 Å². The molecule has 40 heavy (non-hydrogen) atoms. The predicted molar refractivity (Wildman–Crippen MR) is 158 cm³/mol. The standard InChI is InChI=1S/C22H27BrN4O3.C8H8F2/c1-7-16(21(29)26(5)6)12-24-20(28)17-9-8-13(2)19(11-17)27-15(4)25-14(3)10-18(23)22(27)30;1-2-6-3-4-7(9)5-8(6)10/h8-11,16H,3,7,12H2,1-2,4-6H3,(H,24,28);3-5H,2H2,1H3. The molecule has 0 aliphatic carbocycles. The Bertz CT molecular complexity index is 1350. The van der Waals surface area contributed by atoms with E-state index in [1.54, 1.807) is 45.3 Å². The molecule has 3 amide bonds. The quantitative estimate of drug-likeness (QED) is 0.419. The zero-order valence-electron chi connectivity index (χ0n) is 23.6. The third-order valence-corrected chi connectivity index (χ3v) is 6.80. The Kier molecular flexibility index (Phi) is 11.9. The predicted octanol–water partition coefficient (Wildman–Crippen LogP) is 5.92. The fourth-order valence-corrected chi connectivity index (χ4v) is 4.37.